The van der Waals surface area contributed by atoms with Crippen molar-refractivity contribution in [3.63, 3.8) is 0 Å². The van der Waals surface area contributed by atoms with Gasteiger partial charge in [0.2, 0.25) is 11.8 Å². The maximum Gasteiger partial charge on any atom is 0.241 e. The molecule has 0 saturated carbocycles. The van der Waals surface area contributed by atoms with Crippen molar-refractivity contribution in [1.29, 1.82) is 0 Å². The fourth-order valence-electron chi connectivity index (χ4n) is 3.73. The van der Waals surface area contributed by atoms with E-state index in [4.69, 9.17) is 21.1 Å². The number of halogens is 1. The van der Waals surface area contributed by atoms with Crippen molar-refractivity contribution >= 4 is 29.1 Å². The van der Waals surface area contributed by atoms with Crippen LogP contribution in [0.15, 0.2) is 18.2 Å². The Morgan fingerprint density at radius 2 is 1.89 bits per heavy atom. The minimum Gasteiger partial charge on any atom is -0.495 e. The van der Waals surface area contributed by atoms with E-state index in [2.05, 4.69) is 10.2 Å². The van der Waals surface area contributed by atoms with Gasteiger partial charge in [0.15, 0.2) is 0 Å². The number of carbonyl (C=O) groups is 2. The minimum absolute atomic E-state index is 0.0463. The summed E-state index contributed by atoms with van der Waals surface area (Å²) < 4.78 is 10.4. The fourth-order valence-corrected chi connectivity index (χ4v) is 3.99. The summed E-state index contributed by atoms with van der Waals surface area (Å²) in [6, 6.07) is 4.90. The van der Waals surface area contributed by atoms with Crippen molar-refractivity contribution in [2.75, 3.05) is 51.8 Å². The Kier molecular flexibility index (Phi) is 7.15. The highest BCUT2D eigenvalue weighted by Crippen LogP contribution is 2.28. The molecule has 3 rings (SSSR count). The summed E-state index contributed by atoms with van der Waals surface area (Å²) in [6.07, 6.45) is 1.56. The zero-order chi connectivity index (χ0) is 20.1. The van der Waals surface area contributed by atoms with Gasteiger partial charge in [0.05, 0.1) is 31.4 Å². The van der Waals surface area contributed by atoms with Gasteiger partial charge in [0.25, 0.3) is 0 Å². The second-order valence-corrected chi connectivity index (χ2v) is 7.67. The second kappa shape index (κ2) is 9.58. The van der Waals surface area contributed by atoms with Crippen LogP contribution >= 0.6 is 11.6 Å². The van der Waals surface area contributed by atoms with E-state index in [-0.39, 0.29) is 23.8 Å². The summed E-state index contributed by atoms with van der Waals surface area (Å²) in [7, 11) is 1.55. The van der Waals surface area contributed by atoms with Crippen LogP contribution in [-0.4, -0.2) is 74.2 Å². The molecule has 8 heteroatoms. The molecule has 0 bridgehead atoms. The maximum atomic E-state index is 12.6. The molecule has 2 fully saturated rings. The number of likely N-dealkylation sites (tertiary alicyclic amines) is 1. The molecule has 0 aromatic heterocycles. The van der Waals surface area contributed by atoms with E-state index < -0.39 is 0 Å². The number of amides is 2. The molecule has 2 heterocycles. The van der Waals surface area contributed by atoms with E-state index >= 15 is 0 Å². The summed E-state index contributed by atoms with van der Waals surface area (Å²) in [5, 5.41) is 3.36. The SMILES string of the molecule is COc1ccc(NC(=O)C(C)N2CCC(C(=O)N3CCOCC3)CC2)cc1Cl. The van der Waals surface area contributed by atoms with E-state index in [0.29, 0.717) is 42.8 Å². The smallest absolute Gasteiger partial charge is 0.241 e. The number of piperidine rings is 1. The van der Waals surface area contributed by atoms with Gasteiger partial charge in [-0.05, 0) is 51.1 Å². The number of hydrogen-bond donors (Lipinski definition) is 1. The lowest BCUT2D eigenvalue weighted by Gasteiger charge is -2.37. The van der Waals surface area contributed by atoms with Crippen LogP contribution in [0.2, 0.25) is 5.02 Å². The molecule has 0 spiro atoms. The molecule has 1 aromatic rings. The average molecular weight is 410 g/mol. The Balaban J connectivity index is 1.50. The minimum atomic E-state index is -0.277. The number of ether oxygens (including phenoxy) is 2. The van der Waals surface area contributed by atoms with Gasteiger partial charge in [-0.2, -0.15) is 0 Å². The van der Waals surface area contributed by atoms with Gasteiger partial charge in [0, 0.05) is 24.7 Å². The van der Waals surface area contributed by atoms with E-state index in [1.807, 2.05) is 11.8 Å². The Morgan fingerprint density at radius 1 is 1.21 bits per heavy atom. The summed E-state index contributed by atoms with van der Waals surface area (Å²) in [4.78, 5) is 29.3. The normalized spacial score (nSPS) is 19.9. The quantitative estimate of drug-likeness (QED) is 0.807. The number of methoxy groups -OCH3 is 1. The molecular weight excluding hydrogens is 382 g/mol. The van der Waals surface area contributed by atoms with Crippen LogP contribution in [0.4, 0.5) is 5.69 Å². The van der Waals surface area contributed by atoms with Crippen LogP contribution in [0.3, 0.4) is 0 Å². The molecular formula is C20H28ClN3O4. The molecule has 2 amide bonds. The van der Waals surface area contributed by atoms with Gasteiger partial charge in [-0.3, -0.25) is 14.5 Å². The lowest BCUT2D eigenvalue weighted by molar-refractivity contribution is -0.141. The van der Waals surface area contributed by atoms with Crippen LogP contribution in [0.1, 0.15) is 19.8 Å². The topological polar surface area (TPSA) is 71.1 Å². The highest BCUT2D eigenvalue weighted by Gasteiger charge is 2.32. The largest absolute Gasteiger partial charge is 0.495 e. The van der Waals surface area contributed by atoms with Crippen LogP contribution in [-0.2, 0) is 14.3 Å². The van der Waals surface area contributed by atoms with Gasteiger partial charge in [-0.1, -0.05) is 11.6 Å². The number of hydrogen-bond acceptors (Lipinski definition) is 5. The Bertz CT molecular complexity index is 701. The number of anilines is 1. The van der Waals surface area contributed by atoms with Crippen LogP contribution in [0, 0.1) is 5.92 Å². The monoisotopic (exact) mass is 409 g/mol. The van der Waals surface area contributed by atoms with Crippen LogP contribution in [0.5, 0.6) is 5.75 Å². The number of morpholine rings is 1. The van der Waals surface area contributed by atoms with Crippen LogP contribution in [0.25, 0.3) is 0 Å². The van der Waals surface area contributed by atoms with Gasteiger partial charge in [-0.25, -0.2) is 0 Å². The lowest BCUT2D eigenvalue weighted by Crippen LogP contribution is -2.50. The van der Waals surface area contributed by atoms with E-state index in [0.717, 1.165) is 25.9 Å². The first-order chi connectivity index (χ1) is 13.5. The molecule has 1 unspecified atom stereocenters. The Labute approximate surface area is 170 Å². The van der Waals surface area contributed by atoms with E-state index in [9.17, 15) is 9.59 Å². The van der Waals surface area contributed by atoms with Crippen molar-refractivity contribution in [2.45, 2.75) is 25.8 Å². The molecule has 2 aliphatic rings. The third kappa shape index (κ3) is 4.96. The zero-order valence-corrected chi connectivity index (χ0v) is 17.2. The van der Waals surface area contributed by atoms with Gasteiger partial charge in [-0.15, -0.1) is 0 Å². The average Bonchev–Trinajstić information content (AvgIpc) is 2.73. The highest BCUT2D eigenvalue weighted by molar-refractivity contribution is 6.32. The summed E-state index contributed by atoms with van der Waals surface area (Å²) in [6.45, 7) is 5.97. The molecule has 154 valence electrons. The van der Waals surface area contributed by atoms with Crippen molar-refractivity contribution in [1.82, 2.24) is 9.80 Å². The summed E-state index contributed by atoms with van der Waals surface area (Å²) >= 11 is 6.12. The number of rotatable bonds is 5. The van der Waals surface area contributed by atoms with Crippen molar-refractivity contribution in [2.24, 2.45) is 5.92 Å². The molecule has 0 aliphatic carbocycles. The molecule has 28 heavy (non-hydrogen) atoms. The van der Waals surface area contributed by atoms with Gasteiger partial charge < -0.3 is 19.7 Å². The van der Waals surface area contributed by atoms with Gasteiger partial charge in [0.1, 0.15) is 5.75 Å². The highest BCUT2D eigenvalue weighted by atomic mass is 35.5. The third-order valence-corrected chi connectivity index (χ3v) is 5.84. The molecule has 2 aliphatic heterocycles. The lowest BCUT2D eigenvalue weighted by atomic mass is 9.94. The molecule has 7 nitrogen and oxygen atoms in total. The third-order valence-electron chi connectivity index (χ3n) is 5.55. The number of benzene rings is 1. The maximum absolute atomic E-state index is 12.6. The first kappa shape index (κ1) is 20.9. The van der Waals surface area contributed by atoms with Gasteiger partial charge >= 0.3 is 0 Å². The fraction of sp³-hybridized carbons (Fsp3) is 0.600. The zero-order valence-electron chi connectivity index (χ0n) is 16.4. The van der Waals surface area contributed by atoms with E-state index in [1.165, 1.54) is 0 Å². The van der Waals surface area contributed by atoms with E-state index in [1.54, 1.807) is 25.3 Å². The van der Waals surface area contributed by atoms with Crippen molar-refractivity contribution in [3.05, 3.63) is 23.2 Å². The first-order valence-electron chi connectivity index (χ1n) is 9.74. The number of carbonyl (C=O) groups excluding carboxylic acids is 2. The Hall–Kier alpha value is -1.83. The molecule has 2 saturated heterocycles. The van der Waals surface area contributed by atoms with Crippen LogP contribution < -0.4 is 10.1 Å². The molecule has 0 radical (unpaired) electrons. The Morgan fingerprint density at radius 3 is 2.50 bits per heavy atom. The standard InChI is InChI=1S/C20H28ClN3O4/c1-14(19(25)22-16-3-4-18(27-2)17(21)13-16)23-7-5-15(6-8-23)20(26)24-9-11-28-12-10-24/h3-4,13-15H,5-12H2,1-2H3,(H,22,25). The number of nitrogens with one attached hydrogen (secondary N) is 1. The summed E-state index contributed by atoms with van der Waals surface area (Å²) in [5.74, 6) is 0.761. The van der Waals surface area contributed by atoms with Crippen molar-refractivity contribution < 1.29 is 19.1 Å². The molecule has 1 aromatic carbocycles. The number of nitrogens with zero attached hydrogens (tertiary/aromatic N) is 2. The second-order valence-electron chi connectivity index (χ2n) is 7.26. The van der Waals surface area contributed by atoms with Crippen molar-refractivity contribution in [3.8, 4) is 5.75 Å². The predicted molar refractivity (Wildman–Crippen MR) is 108 cm³/mol. The summed E-state index contributed by atoms with van der Waals surface area (Å²) in [5.41, 5.74) is 0.639. The predicted octanol–water partition coefficient (Wildman–Crippen LogP) is 2.25. The molecule has 1 N–H and O–H groups in total. The molecule has 1 atom stereocenters. The first-order valence-corrected chi connectivity index (χ1v) is 10.1.